The quantitative estimate of drug-likeness (QED) is 0.810. The number of nitrogens with one attached hydrogen (secondary N) is 1. The van der Waals surface area contributed by atoms with E-state index in [1.165, 1.54) is 11.8 Å². The highest BCUT2D eigenvalue weighted by molar-refractivity contribution is 7.90. The molecule has 0 aromatic heterocycles. The van der Waals surface area contributed by atoms with Gasteiger partial charge in [0.05, 0.1) is 4.90 Å². The van der Waals surface area contributed by atoms with Crippen LogP contribution in [-0.4, -0.2) is 21.2 Å². The van der Waals surface area contributed by atoms with Crippen LogP contribution in [0.3, 0.4) is 0 Å². The average molecular weight is 248 g/mol. The SMILES string of the molecule is CS(=O)(=O)c1ccc2c(c1)CCNC2.Cl. The largest absolute Gasteiger partial charge is 0.312 e. The predicted octanol–water partition coefficient (Wildman–Crippen LogP) is 1.16. The first kappa shape index (κ1) is 12.5. The molecule has 0 aliphatic carbocycles. The first-order valence-corrected chi connectivity index (χ1v) is 6.49. The van der Waals surface area contributed by atoms with Gasteiger partial charge in [0.25, 0.3) is 0 Å². The molecule has 1 N–H and O–H groups in total. The fraction of sp³-hybridized carbons (Fsp3) is 0.400. The summed E-state index contributed by atoms with van der Waals surface area (Å²) in [6, 6.07) is 5.38. The number of hydrogen-bond donors (Lipinski definition) is 1. The number of fused-ring (bicyclic) bond motifs is 1. The minimum absolute atomic E-state index is 0. The van der Waals surface area contributed by atoms with E-state index in [2.05, 4.69) is 5.32 Å². The number of hydrogen-bond acceptors (Lipinski definition) is 3. The van der Waals surface area contributed by atoms with Crippen LogP contribution in [0.1, 0.15) is 11.1 Å². The van der Waals surface area contributed by atoms with Crippen molar-refractivity contribution in [1.29, 1.82) is 0 Å². The molecule has 1 aliphatic heterocycles. The molecular formula is C10H14ClNO2S. The lowest BCUT2D eigenvalue weighted by molar-refractivity contribution is 0.600. The molecule has 2 rings (SSSR count). The second-order valence-electron chi connectivity index (χ2n) is 3.63. The zero-order valence-corrected chi connectivity index (χ0v) is 10.1. The summed E-state index contributed by atoms with van der Waals surface area (Å²) in [5.41, 5.74) is 2.37. The van der Waals surface area contributed by atoms with Crippen LogP contribution in [0.25, 0.3) is 0 Å². The maximum atomic E-state index is 11.3. The number of benzene rings is 1. The van der Waals surface area contributed by atoms with Gasteiger partial charge in [0, 0.05) is 12.8 Å². The number of halogens is 1. The van der Waals surface area contributed by atoms with Crippen molar-refractivity contribution in [3.8, 4) is 0 Å². The minimum atomic E-state index is -3.06. The monoisotopic (exact) mass is 247 g/mol. The molecule has 0 bridgehead atoms. The fourth-order valence-electron chi connectivity index (χ4n) is 1.68. The highest BCUT2D eigenvalue weighted by atomic mass is 35.5. The first-order valence-electron chi connectivity index (χ1n) is 4.60. The van der Waals surface area contributed by atoms with Gasteiger partial charge in [-0.05, 0) is 36.2 Å². The summed E-state index contributed by atoms with van der Waals surface area (Å²) in [4.78, 5) is 0.429. The normalized spacial score (nSPS) is 15.3. The van der Waals surface area contributed by atoms with Crippen molar-refractivity contribution in [3.05, 3.63) is 29.3 Å². The Labute approximate surface area is 96.2 Å². The average Bonchev–Trinajstić information content (AvgIpc) is 2.16. The molecule has 1 heterocycles. The van der Waals surface area contributed by atoms with E-state index in [9.17, 15) is 8.42 Å². The van der Waals surface area contributed by atoms with Crippen molar-refractivity contribution in [2.75, 3.05) is 12.8 Å². The minimum Gasteiger partial charge on any atom is -0.312 e. The van der Waals surface area contributed by atoms with Gasteiger partial charge in [0.1, 0.15) is 0 Å². The van der Waals surface area contributed by atoms with Crippen molar-refractivity contribution in [3.63, 3.8) is 0 Å². The fourth-order valence-corrected chi connectivity index (χ4v) is 2.36. The van der Waals surface area contributed by atoms with Crippen molar-refractivity contribution in [2.45, 2.75) is 17.9 Å². The predicted molar refractivity (Wildman–Crippen MR) is 62.2 cm³/mol. The van der Waals surface area contributed by atoms with Crippen LogP contribution in [0.15, 0.2) is 23.1 Å². The van der Waals surface area contributed by atoms with E-state index in [0.29, 0.717) is 4.90 Å². The second-order valence-corrected chi connectivity index (χ2v) is 5.65. The van der Waals surface area contributed by atoms with Crippen LogP contribution < -0.4 is 5.32 Å². The smallest absolute Gasteiger partial charge is 0.175 e. The lowest BCUT2D eigenvalue weighted by atomic mass is 10.0. The Kier molecular flexibility index (Phi) is 3.76. The van der Waals surface area contributed by atoms with Crippen LogP contribution in [0.2, 0.25) is 0 Å². The van der Waals surface area contributed by atoms with Gasteiger partial charge in [-0.3, -0.25) is 0 Å². The maximum Gasteiger partial charge on any atom is 0.175 e. The zero-order chi connectivity index (χ0) is 10.2. The Balaban J connectivity index is 0.00000112. The summed E-state index contributed by atoms with van der Waals surface area (Å²) in [6.45, 7) is 1.78. The summed E-state index contributed by atoms with van der Waals surface area (Å²) >= 11 is 0. The molecule has 15 heavy (non-hydrogen) atoms. The highest BCUT2D eigenvalue weighted by Gasteiger charge is 2.12. The number of sulfone groups is 1. The molecule has 1 aromatic rings. The van der Waals surface area contributed by atoms with Crippen LogP contribution >= 0.6 is 12.4 Å². The summed E-state index contributed by atoms with van der Waals surface area (Å²) in [7, 11) is -3.06. The van der Waals surface area contributed by atoms with Gasteiger partial charge in [-0.2, -0.15) is 0 Å². The Morgan fingerprint density at radius 3 is 2.67 bits per heavy atom. The summed E-state index contributed by atoms with van der Waals surface area (Å²) in [6.07, 6.45) is 2.16. The van der Waals surface area contributed by atoms with Gasteiger partial charge < -0.3 is 5.32 Å². The van der Waals surface area contributed by atoms with Crippen LogP contribution in [-0.2, 0) is 22.8 Å². The van der Waals surface area contributed by atoms with E-state index in [4.69, 9.17) is 0 Å². The molecule has 0 spiro atoms. The summed E-state index contributed by atoms with van der Waals surface area (Å²) in [5.74, 6) is 0. The third-order valence-electron chi connectivity index (χ3n) is 2.49. The Morgan fingerprint density at radius 2 is 2.00 bits per heavy atom. The van der Waals surface area contributed by atoms with Crippen LogP contribution in [0.4, 0.5) is 0 Å². The third kappa shape index (κ3) is 2.71. The number of rotatable bonds is 1. The molecule has 0 saturated heterocycles. The van der Waals surface area contributed by atoms with Crippen LogP contribution in [0, 0.1) is 0 Å². The Morgan fingerprint density at radius 1 is 1.27 bits per heavy atom. The van der Waals surface area contributed by atoms with Crippen molar-refractivity contribution >= 4 is 22.2 Å². The van der Waals surface area contributed by atoms with Gasteiger partial charge in [-0.1, -0.05) is 6.07 Å². The molecule has 3 nitrogen and oxygen atoms in total. The Hall–Kier alpha value is -0.580. The van der Waals surface area contributed by atoms with Crippen molar-refractivity contribution in [2.24, 2.45) is 0 Å². The van der Waals surface area contributed by atoms with Crippen LogP contribution in [0.5, 0.6) is 0 Å². The summed E-state index contributed by atoms with van der Waals surface area (Å²) < 4.78 is 22.6. The van der Waals surface area contributed by atoms with Gasteiger partial charge in [-0.25, -0.2) is 8.42 Å². The molecule has 1 aromatic carbocycles. The van der Waals surface area contributed by atoms with E-state index in [-0.39, 0.29) is 12.4 Å². The van der Waals surface area contributed by atoms with Gasteiger partial charge in [-0.15, -0.1) is 12.4 Å². The molecule has 0 saturated carbocycles. The van der Waals surface area contributed by atoms with E-state index >= 15 is 0 Å². The molecule has 0 amide bonds. The lowest BCUT2D eigenvalue weighted by Gasteiger charge is -2.17. The van der Waals surface area contributed by atoms with E-state index in [0.717, 1.165) is 25.1 Å². The first-order chi connectivity index (χ1) is 6.57. The zero-order valence-electron chi connectivity index (χ0n) is 8.49. The van der Waals surface area contributed by atoms with Gasteiger partial charge in [0.15, 0.2) is 9.84 Å². The van der Waals surface area contributed by atoms with Crippen molar-refractivity contribution in [1.82, 2.24) is 5.32 Å². The van der Waals surface area contributed by atoms with Gasteiger partial charge >= 0.3 is 0 Å². The molecule has 0 atom stereocenters. The van der Waals surface area contributed by atoms with E-state index < -0.39 is 9.84 Å². The summed E-state index contributed by atoms with van der Waals surface area (Å²) in [5, 5.41) is 3.25. The van der Waals surface area contributed by atoms with Crippen molar-refractivity contribution < 1.29 is 8.42 Å². The lowest BCUT2D eigenvalue weighted by Crippen LogP contribution is -2.23. The van der Waals surface area contributed by atoms with E-state index in [1.54, 1.807) is 12.1 Å². The molecular weight excluding hydrogens is 234 g/mol. The molecule has 5 heteroatoms. The second kappa shape index (κ2) is 4.51. The molecule has 0 unspecified atom stereocenters. The standard InChI is InChI=1S/C10H13NO2S.ClH/c1-14(12,13)10-3-2-9-7-11-5-4-8(9)6-10;/h2-3,6,11H,4-5,7H2,1H3;1H. The molecule has 84 valence electrons. The highest BCUT2D eigenvalue weighted by Crippen LogP contribution is 2.18. The van der Waals surface area contributed by atoms with Gasteiger partial charge in [0.2, 0.25) is 0 Å². The maximum absolute atomic E-state index is 11.3. The topological polar surface area (TPSA) is 46.2 Å². The van der Waals surface area contributed by atoms with E-state index in [1.807, 2.05) is 6.07 Å². The third-order valence-corrected chi connectivity index (χ3v) is 3.60. The Bertz CT molecular complexity index is 456. The molecule has 1 aliphatic rings. The molecule has 0 fully saturated rings. The molecule has 0 radical (unpaired) electrons.